The molecule has 1 aromatic rings. The number of aliphatic hydroxyl groups is 1. The van der Waals surface area contributed by atoms with Crippen molar-refractivity contribution in [2.45, 2.75) is 19.9 Å². The Morgan fingerprint density at radius 3 is 2.65 bits per heavy atom. The van der Waals surface area contributed by atoms with Crippen LogP contribution in [0.2, 0.25) is 5.02 Å². The molecule has 0 radical (unpaired) electrons. The molecule has 1 atom stereocenters. The molecule has 1 unspecified atom stereocenters. The van der Waals surface area contributed by atoms with Gasteiger partial charge in [0, 0.05) is 10.7 Å². The summed E-state index contributed by atoms with van der Waals surface area (Å²) >= 11 is 5.75. The minimum atomic E-state index is -0.299. The van der Waals surface area contributed by atoms with Crippen molar-refractivity contribution >= 4 is 23.2 Å². The molecular formula is C12H17ClN2O2. The van der Waals surface area contributed by atoms with E-state index in [9.17, 15) is 4.79 Å². The van der Waals surface area contributed by atoms with Crippen molar-refractivity contribution in [3.8, 4) is 0 Å². The van der Waals surface area contributed by atoms with E-state index in [-0.39, 0.29) is 24.5 Å². The Bertz CT molecular complexity index is 407. The zero-order chi connectivity index (χ0) is 13.0. The molecule has 1 amide bonds. The van der Waals surface area contributed by atoms with Crippen LogP contribution in [0, 0.1) is 5.92 Å². The van der Waals surface area contributed by atoms with Gasteiger partial charge in [0.1, 0.15) is 0 Å². The Kier molecular flexibility index (Phi) is 4.78. The number of amides is 1. The van der Waals surface area contributed by atoms with Crippen LogP contribution in [-0.4, -0.2) is 23.7 Å². The van der Waals surface area contributed by atoms with E-state index in [4.69, 9.17) is 22.4 Å². The average Bonchev–Trinajstić information content (AvgIpc) is 2.24. The second kappa shape index (κ2) is 5.89. The van der Waals surface area contributed by atoms with Crippen LogP contribution in [0.5, 0.6) is 0 Å². The standard InChI is InChI=1S/C12H17ClN2O2/c1-7(2)11(6-16)15-12(17)9-4-3-8(13)5-10(9)14/h3-5,7,11,16H,6,14H2,1-2H3,(H,15,17). The molecule has 4 N–H and O–H groups in total. The molecule has 0 heterocycles. The second-order valence-corrected chi connectivity index (χ2v) is 4.67. The topological polar surface area (TPSA) is 75.3 Å². The van der Waals surface area contributed by atoms with Gasteiger partial charge in [-0.05, 0) is 24.1 Å². The van der Waals surface area contributed by atoms with E-state index in [0.29, 0.717) is 16.3 Å². The van der Waals surface area contributed by atoms with Crippen LogP contribution in [0.25, 0.3) is 0 Å². The fraction of sp³-hybridized carbons (Fsp3) is 0.417. The molecule has 4 nitrogen and oxygen atoms in total. The normalized spacial score (nSPS) is 12.5. The maximum absolute atomic E-state index is 11.9. The first-order valence-corrected chi connectivity index (χ1v) is 5.80. The third-order valence-corrected chi connectivity index (χ3v) is 2.81. The Hall–Kier alpha value is -1.26. The molecule has 17 heavy (non-hydrogen) atoms. The van der Waals surface area contributed by atoms with Gasteiger partial charge in [0.25, 0.3) is 5.91 Å². The van der Waals surface area contributed by atoms with Crippen LogP contribution in [0.3, 0.4) is 0 Å². The highest BCUT2D eigenvalue weighted by atomic mass is 35.5. The number of carbonyl (C=O) groups is 1. The fourth-order valence-corrected chi connectivity index (χ4v) is 1.59. The summed E-state index contributed by atoms with van der Waals surface area (Å²) in [6, 6.07) is 4.43. The van der Waals surface area contributed by atoms with Gasteiger partial charge in [-0.3, -0.25) is 4.79 Å². The molecule has 0 bridgehead atoms. The summed E-state index contributed by atoms with van der Waals surface area (Å²) < 4.78 is 0. The second-order valence-electron chi connectivity index (χ2n) is 4.24. The number of nitrogens with one attached hydrogen (secondary N) is 1. The van der Waals surface area contributed by atoms with Gasteiger partial charge >= 0.3 is 0 Å². The van der Waals surface area contributed by atoms with E-state index < -0.39 is 0 Å². The van der Waals surface area contributed by atoms with Gasteiger partial charge in [-0.2, -0.15) is 0 Å². The lowest BCUT2D eigenvalue weighted by atomic mass is 10.0. The monoisotopic (exact) mass is 256 g/mol. The van der Waals surface area contributed by atoms with Crippen molar-refractivity contribution in [1.29, 1.82) is 0 Å². The largest absolute Gasteiger partial charge is 0.398 e. The van der Waals surface area contributed by atoms with Gasteiger partial charge in [0.15, 0.2) is 0 Å². The summed E-state index contributed by atoms with van der Waals surface area (Å²) in [5.74, 6) is -0.149. The molecule has 0 fully saturated rings. The zero-order valence-electron chi connectivity index (χ0n) is 9.90. The lowest BCUT2D eigenvalue weighted by molar-refractivity contribution is 0.0898. The van der Waals surface area contributed by atoms with Crippen LogP contribution in [-0.2, 0) is 0 Å². The third-order valence-electron chi connectivity index (χ3n) is 2.58. The number of aliphatic hydroxyl groups excluding tert-OH is 1. The molecule has 1 rings (SSSR count). The van der Waals surface area contributed by atoms with Crippen LogP contribution >= 0.6 is 11.6 Å². The highest BCUT2D eigenvalue weighted by molar-refractivity contribution is 6.31. The smallest absolute Gasteiger partial charge is 0.253 e. The summed E-state index contributed by atoms with van der Waals surface area (Å²) in [5, 5.41) is 12.4. The average molecular weight is 257 g/mol. The minimum absolute atomic E-state index is 0.100. The molecule has 0 aromatic heterocycles. The first-order valence-electron chi connectivity index (χ1n) is 5.42. The van der Waals surface area contributed by atoms with Crippen molar-refractivity contribution < 1.29 is 9.90 Å². The number of halogens is 1. The van der Waals surface area contributed by atoms with Crippen LogP contribution < -0.4 is 11.1 Å². The number of benzene rings is 1. The van der Waals surface area contributed by atoms with Crippen molar-refractivity contribution in [2.75, 3.05) is 12.3 Å². The summed E-state index contributed by atoms with van der Waals surface area (Å²) in [6.07, 6.45) is 0. The molecule has 0 aliphatic rings. The number of rotatable bonds is 4. The summed E-state index contributed by atoms with van der Waals surface area (Å²) in [6.45, 7) is 3.75. The van der Waals surface area contributed by atoms with Gasteiger partial charge in [0.2, 0.25) is 0 Å². The van der Waals surface area contributed by atoms with E-state index >= 15 is 0 Å². The van der Waals surface area contributed by atoms with Crippen molar-refractivity contribution in [2.24, 2.45) is 5.92 Å². The molecule has 5 heteroatoms. The molecule has 0 spiro atoms. The predicted molar refractivity (Wildman–Crippen MR) is 69.0 cm³/mol. The summed E-state index contributed by atoms with van der Waals surface area (Å²) in [5.41, 5.74) is 6.41. The van der Waals surface area contributed by atoms with Crippen LogP contribution in [0.4, 0.5) is 5.69 Å². The number of carbonyl (C=O) groups excluding carboxylic acids is 1. The van der Waals surface area contributed by atoms with Crippen molar-refractivity contribution in [1.82, 2.24) is 5.32 Å². The predicted octanol–water partition coefficient (Wildman–Crippen LogP) is 1.67. The molecule has 0 saturated heterocycles. The highest BCUT2D eigenvalue weighted by Gasteiger charge is 2.17. The molecular weight excluding hydrogens is 240 g/mol. The van der Waals surface area contributed by atoms with Gasteiger partial charge in [-0.15, -0.1) is 0 Å². The molecule has 1 aromatic carbocycles. The maximum Gasteiger partial charge on any atom is 0.253 e. The molecule has 0 aliphatic carbocycles. The summed E-state index contributed by atoms with van der Waals surface area (Å²) in [7, 11) is 0. The Labute approximate surface area is 106 Å². The minimum Gasteiger partial charge on any atom is -0.398 e. The first-order chi connectivity index (χ1) is 7.95. The van der Waals surface area contributed by atoms with E-state index in [1.54, 1.807) is 12.1 Å². The van der Waals surface area contributed by atoms with E-state index in [1.165, 1.54) is 6.07 Å². The molecule has 94 valence electrons. The van der Waals surface area contributed by atoms with E-state index in [2.05, 4.69) is 5.32 Å². The van der Waals surface area contributed by atoms with Gasteiger partial charge < -0.3 is 16.2 Å². The quantitative estimate of drug-likeness (QED) is 0.718. The SMILES string of the molecule is CC(C)C(CO)NC(=O)c1ccc(Cl)cc1N. The first kappa shape index (κ1) is 13.8. The maximum atomic E-state index is 11.9. The lowest BCUT2D eigenvalue weighted by Crippen LogP contribution is -2.41. The Balaban J connectivity index is 2.82. The highest BCUT2D eigenvalue weighted by Crippen LogP contribution is 2.18. The van der Waals surface area contributed by atoms with Gasteiger partial charge in [0.05, 0.1) is 18.2 Å². The van der Waals surface area contributed by atoms with E-state index in [0.717, 1.165) is 0 Å². The number of nitrogen functional groups attached to an aromatic ring is 1. The van der Waals surface area contributed by atoms with Crippen molar-refractivity contribution in [3.63, 3.8) is 0 Å². The number of anilines is 1. The molecule has 0 aliphatic heterocycles. The number of nitrogens with two attached hydrogens (primary N) is 1. The number of hydrogen-bond acceptors (Lipinski definition) is 3. The fourth-order valence-electron chi connectivity index (χ4n) is 1.41. The van der Waals surface area contributed by atoms with E-state index in [1.807, 2.05) is 13.8 Å². The molecule has 0 saturated carbocycles. The van der Waals surface area contributed by atoms with Gasteiger partial charge in [-0.25, -0.2) is 0 Å². The Morgan fingerprint density at radius 2 is 2.18 bits per heavy atom. The lowest BCUT2D eigenvalue weighted by Gasteiger charge is -2.20. The zero-order valence-corrected chi connectivity index (χ0v) is 10.7. The summed E-state index contributed by atoms with van der Waals surface area (Å²) in [4.78, 5) is 11.9. The van der Waals surface area contributed by atoms with Crippen LogP contribution in [0.1, 0.15) is 24.2 Å². The third kappa shape index (κ3) is 3.61. The Morgan fingerprint density at radius 1 is 1.53 bits per heavy atom. The van der Waals surface area contributed by atoms with Gasteiger partial charge in [-0.1, -0.05) is 25.4 Å². The van der Waals surface area contributed by atoms with Crippen molar-refractivity contribution in [3.05, 3.63) is 28.8 Å². The van der Waals surface area contributed by atoms with Crippen LogP contribution in [0.15, 0.2) is 18.2 Å². The number of hydrogen-bond donors (Lipinski definition) is 3.